The highest BCUT2D eigenvalue weighted by Crippen LogP contribution is 2.39. The van der Waals surface area contributed by atoms with Crippen molar-refractivity contribution in [1.29, 1.82) is 0 Å². The van der Waals surface area contributed by atoms with Gasteiger partial charge in [-0.05, 0) is 0 Å². The summed E-state index contributed by atoms with van der Waals surface area (Å²) in [4.78, 5) is 24.9. The van der Waals surface area contributed by atoms with Crippen LogP contribution in [0.5, 0.6) is 0 Å². The average Bonchev–Trinajstić information content (AvgIpc) is 0.770. The van der Waals surface area contributed by atoms with E-state index in [1.54, 1.807) is 0 Å². The Hall–Kier alpha value is -2.82. The lowest BCUT2D eigenvalue weighted by molar-refractivity contribution is -0.408. The normalized spacial score (nSPS) is 48.0. The fourth-order valence-corrected chi connectivity index (χ4v) is 13.1. The number of hydrogen-bond acceptors (Lipinski definition) is 46. The van der Waals surface area contributed by atoms with Gasteiger partial charge >= 0.3 is 0 Å². The van der Waals surface area contributed by atoms with E-state index >= 15 is 0 Å². The Morgan fingerprint density at radius 1 is 0.321 bits per heavy atom. The minimum Gasteiger partial charge on any atom is -0.394 e. The van der Waals surface area contributed by atoms with Gasteiger partial charge in [0, 0.05) is 13.8 Å². The first kappa shape index (κ1) is 88.7. The van der Waals surface area contributed by atoms with Crippen LogP contribution in [0.3, 0.4) is 0 Å². The van der Waals surface area contributed by atoms with Crippen molar-refractivity contribution in [3.05, 3.63) is 0 Å². The summed E-state index contributed by atoms with van der Waals surface area (Å²) in [5.74, 6) is -1.80. The van der Waals surface area contributed by atoms with E-state index in [9.17, 15) is 153 Å². The summed E-state index contributed by atoms with van der Waals surface area (Å²) in [5, 5.41) is 311. The predicted molar refractivity (Wildman–Crippen MR) is 322 cm³/mol. The van der Waals surface area contributed by atoms with Gasteiger partial charge in [0.15, 0.2) is 50.3 Å². The molecule has 0 aromatic rings. The predicted octanol–water partition coefficient (Wildman–Crippen LogP) is -20.7. The van der Waals surface area contributed by atoms with Gasteiger partial charge in [-0.15, -0.1) is 0 Å². The van der Waals surface area contributed by atoms with Gasteiger partial charge in [-0.1, -0.05) is 0 Å². The number of nitrogens with one attached hydrogen (secondary N) is 2. The fraction of sp³-hybridized carbons (Fsp3) is 0.966. The SMILES string of the molecule is CC(=O)N[C@H]1[C@H](O[C@@H]([C@H](O)[C@H](CO)NC(C)=O)[C@H](O)CO)O[C@H](CO)[C@@H](O[C@@H]2O[C@H](CO[C@H]3O[C@H](CO[C@H]4O[C@H](CO)[C@@H](O)[C@H](O)[C@@H]4O)[C@@H](O)[C@H](O[C@H]4O[C@H](CO)[C@@H](O)[C@H](O)[C@@H]4O)[C@@H]3O)[C@@H](O)[C@H](O[C@H]3O[C@H](CO)[C@@H](O)[C@H](O)[C@@H]3O[C@H]3O[C@H](CO)[C@@H](O)[C@H](O)[C@@H]3O[C@H]3O[C@H](CO)[C@@H](O)[C@H](O)[C@@H]3O)[C@@H]2O)[C@@H]1O. The molecule has 8 fully saturated rings. The summed E-state index contributed by atoms with van der Waals surface area (Å²) < 4.78 is 93.1. The van der Waals surface area contributed by atoms with Crippen molar-refractivity contribution in [2.24, 2.45) is 0 Å². The summed E-state index contributed by atoms with van der Waals surface area (Å²) in [5.41, 5.74) is 0. The molecule has 2 amide bonds. The number of aliphatic hydroxyl groups is 28. The Kier molecular flexibility index (Phi) is 32.9. The quantitative estimate of drug-likeness (QED) is 0.0306. The minimum absolute atomic E-state index is 0.813. The van der Waals surface area contributed by atoms with Gasteiger partial charge in [-0.25, -0.2) is 0 Å². The van der Waals surface area contributed by atoms with Crippen molar-refractivity contribution in [3.8, 4) is 0 Å². The average molecular weight is 1560 g/mol. The van der Waals surface area contributed by atoms with Gasteiger partial charge in [-0.2, -0.15) is 0 Å². The third-order valence-corrected chi connectivity index (χ3v) is 19.2. The zero-order valence-corrected chi connectivity index (χ0v) is 56.3. The maximum absolute atomic E-state index is 12.9. The van der Waals surface area contributed by atoms with Crippen LogP contribution in [0.25, 0.3) is 0 Å². The number of aliphatic hydroxyl groups excluding tert-OH is 28. The molecule has 8 heterocycles. The second-order valence-electron chi connectivity index (χ2n) is 26.5. The monoisotopic (exact) mass is 1560 g/mol. The molecule has 8 saturated heterocycles. The fourth-order valence-electron chi connectivity index (χ4n) is 13.1. The highest BCUT2D eigenvalue weighted by atomic mass is 16.8. The Bertz CT molecular complexity index is 2660. The molecule has 8 aliphatic rings. The zero-order chi connectivity index (χ0) is 78.4. The standard InChI is InChI=1S/C58H100N2O46/c1-13(69)59-15(3-61)26(72)45(16(71)4-62)101-51-25(60-14(2)70)34(80)46(22(10-68)98-51)102-56-44(90)48(104-57-50(39(85)31(77)20(8-66)96-57)106-58-49(38(84)30(76)21(9-67)97-58)105-55-42(88)37(83)29(75)19(7-65)95-55)33(79)24(100-56)12-92-53-43(89)47(103-54-41(87)36(82)28(74)18(6-64)94-54)32(78)23(99-53)11-91-52-40(86)35(81)27(73)17(5-63)93-52/h15-58,61-68,71-90H,3-12H2,1-2H3,(H,59,69)(H,60,70)/t15-,16+,17+,18+,19+,20+,21+,22+,23+,24+,25+,26+,27+,28+,29+,30+,31+,32+,33+,34+,35-,36-,37-,38-,39-,40-,41-,42-,43-,44-,45+,46+,47-,48-,49-,50-,51-,52-,53-,54+,55+,56-,57+,58+/m0/s1. The topological polar surface area (TPSA) is 772 Å². The van der Waals surface area contributed by atoms with Crippen LogP contribution in [0.4, 0.5) is 0 Å². The third-order valence-electron chi connectivity index (χ3n) is 19.2. The van der Waals surface area contributed by atoms with Crippen LogP contribution in [0.15, 0.2) is 0 Å². The third kappa shape index (κ3) is 19.7. The summed E-state index contributed by atoms with van der Waals surface area (Å²) in [6, 6.07) is -3.63. The lowest BCUT2D eigenvalue weighted by Crippen LogP contribution is -2.70. The molecule has 44 atom stereocenters. The van der Waals surface area contributed by atoms with E-state index in [4.69, 9.17) is 75.8 Å². The molecule has 0 bridgehead atoms. The molecule has 48 heteroatoms. The number of ether oxygens (including phenoxy) is 16. The van der Waals surface area contributed by atoms with E-state index in [0.717, 1.165) is 13.8 Å². The Morgan fingerprint density at radius 3 is 1.05 bits per heavy atom. The Balaban J connectivity index is 1.16. The molecule has 8 aliphatic heterocycles. The van der Waals surface area contributed by atoms with E-state index in [1.807, 2.05) is 0 Å². The van der Waals surface area contributed by atoms with Crippen LogP contribution in [-0.2, 0) is 85.4 Å². The maximum Gasteiger partial charge on any atom is 0.217 e. The summed E-state index contributed by atoms with van der Waals surface area (Å²) in [6.07, 6.45) is -90.4. The largest absolute Gasteiger partial charge is 0.394 e. The number of rotatable bonds is 31. The minimum atomic E-state index is -2.61. The molecule has 618 valence electrons. The molecule has 0 aliphatic carbocycles. The van der Waals surface area contributed by atoms with Crippen LogP contribution in [0.1, 0.15) is 13.8 Å². The summed E-state index contributed by atoms with van der Waals surface area (Å²) >= 11 is 0. The lowest BCUT2D eigenvalue weighted by Gasteiger charge is -2.51. The van der Waals surface area contributed by atoms with Crippen molar-refractivity contribution in [2.75, 3.05) is 66.1 Å². The van der Waals surface area contributed by atoms with E-state index in [0.29, 0.717) is 0 Å². The second-order valence-corrected chi connectivity index (χ2v) is 26.5. The molecule has 0 aromatic carbocycles. The molecule has 8 rings (SSSR count). The molecule has 106 heavy (non-hydrogen) atoms. The van der Waals surface area contributed by atoms with E-state index < -0.39 is 348 Å². The van der Waals surface area contributed by atoms with Crippen LogP contribution in [0, 0.1) is 0 Å². The van der Waals surface area contributed by atoms with Crippen molar-refractivity contribution in [1.82, 2.24) is 10.6 Å². The summed E-state index contributed by atoms with van der Waals surface area (Å²) in [6.45, 7) is -9.11. The van der Waals surface area contributed by atoms with Crippen LogP contribution in [-0.4, -0.2) is 491 Å². The number of carbonyl (C=O) groups excluding carboxylic acids is 2. The molecule has 0 aromatic heterocycles. The van der Waals surface area contributed by atoms with Gasteiger partial charge in [0.1, 0.15) is 214 Å². The molecular weight excluding hydrogens is 1460 g/mol. The lowest BCUT2D eigenvalue weighted by atomic mass is 9.94. The maximum atomic E-state index is 12.9. The first-order chi connectivity index (χ1) is 50.1. The number of carbonyl (C=O) groups is 2. The van der Waals surface area contributed by atoms with Gasteiger partial charge in [-0.3, -0.25) is 9.59 Å². The molecule has 0 saturated carbocycles. The highest BCUT2D eigenvalue weighted by Gasteiger charge is 2.60. The molecule has 0 radical (unpaired) electrons. The first-order valence-corrected chi connectivity index (χ1v) is 33.6. The van der Waals surface area contributed by atoms with Crippen molar-refractivity contribution >= 4 is 11.8 Å². The van der Waals surface area contributed by atoms with E-state index in [2.05, 4.69) is 10.6 Å². The number of hydrogen-bond donors (Lipinski definition) is 30. The summed E-state index contributed by atoms with van der Waals surface area (Å²) in [7, 11) is 0. The zero-order valence-electron chi connectivity index (χ0n) is 56.3. The second kappa shape index (κ2) is 39.3. The van der Waals surface area contributed by atoms with E-state index in [-0.39, 0.29) is 0 Å². The van der Waals surface area contributed by atoms with E-state index in [1.165, 1.54) is 0 Å². The Morgan fingerprint density at radius 2 is 0.642 bits per heavy atom. The Labute approximate surface area is 599 Å². The molecule has 0 spiro atoms. The van der Waals surface area contributed by atoms with Crippen molar-refractivity contribution in [2.45, 2.75) is 284 Å². The van der Waals surface area contributed by atoms with Gasteiger partial charge in [0.2, 0.25) is 11.8 Å². The van der Waals surface area contributed by atoms with Crippen LogP contribution in [0.2, 0.25) is 0 Å². The van der Waals surface area contributed by atoms with Crippen molar-refractivity contribution < 1.29 is 228 Å². The smallest absolute Gasteiger partial charge is 0.217 e. The highest BCUT2D eigenvalue weighted by molar-refractivity contribution is 5.73. The molecular formula is C58H100N2O46. The molecule has 48 nitrogen and oxygen atoms in total. The van der Waals surface area contributed by atoms with Crippen LogP contribution >= 0.6 is 0 Å². The van der Waals surface area contributed by atoms with Gasteiger partial charge in [0.05, 0.1) is 72.1 Å². The van der Waals surface area contributed by atoms with Gasteiger partial charge < -0.3 is 229 Å². The molecule has 0 unspecified atom stereocenters. The first-order valence-electron chi connectivity index (χ1n) is 33.6. The van der Waals surface area contributed by atoms with Crippen molar-refractivity contribution in [3.63, 3.8) is 0 Å². The molecule has 30 N–H and O–H groups in total. The van der Waals surface area contributed by atoms with Crippen LogP contribution < -0.4 is 10.6 Å². The van der Waals surface area contributed by atoms with Gasteiger partial charge in [0.25, 0.3) is 0 Å². The number of amides is 2.